The fourth-order valence-corrected chi connectivity index (χ4v) is 7.24. The van der Waals surface area contributed by atoms with Crippen molar-refractivity contribution in [1.82, 2.24) is 0 Å². The zero-order chi connectivity index (χ0) is 34.1. The number of Topliss-reactive ketones (excluding diaryl/α,β-unsaturated/α-hetero) is 3. The van der Waals surface area contributed by atoms with Crippen molar-refractivity contribution in [2.24, 2.45) is 28.1 Å². The van der Waals surface area contributed by atoms with Gasteiger partial charge in [0.2, 0.25) is 0 Å². The molecule has 0 amide bonds. The molecule has 2 N–H and O–H groups in total. The number of hydrogen-bond acceptors (Lipinski definition) is 6. The molecule has 6 heteroatoms. The molecule has 1 aromatic rings. The summed E-state index contributed by atoms with van der Waals surface area (Å²) >= 11 is 0. The zero-order valence-corrected chi connectivity index (χ0v) is 28.9. The number of carbonyl (C=O) groups excluding carboxylic acids is 3. The Hall–Kier alpha value is -3.67. The van der Waals surface area contributed by atoms with Gasteiger partial charge in [0.15, 0.2) is 28.8 Å². The van der Waals surface area contributed by atoms with Gasteiger partial charge in [-0.3, -0.25) is 14.4 Å². The van der Waals surface area contributed by atoms with Crippen molar-refractivity contribution in [3.63, 3.8) is 0 Å². The third-order valence-electron chi connectivity index (χ3n) is 10.2. The minimum atomic E-state index is -1.59. The number of aromatic hydroxyl groups is 1. The van der Waals surface area contributed by atoms with Gasteiger partial charge < -0.3 is 14.9 Å². The van der Waals surface area contributed by atoms with Crippen molar-refractivity contribution in [1.29, 1.82) is 0 Å². The standard InChI is InChI=1S/C39H52O6/c1-23(2)12-14-28(26(7)8)21-38-22-29(16-13-24(3)4)37(9,10)39(36(38)44,19-18-25(5)6)35(43)32(34(38)42)33(41)27-15-17-30(40)31(20-27)45-11/h12-13,15,17-18,20,28-29,40-41H,7,14,16,19,21-22H2,1-6,8-11H3/b33-32-/t28-,29-,38+,39-/m1/s1. The highest BCUT2D eigenvalue weighted by molar-refractivity contribution is 6.41. The van der Waals surface area contributed by atoms with Crippen molar-refractivity contribution < 1.29 is 29.3 Å². The summed E-state index contributed by atoms with van der Waals surface area (Å²) in [6.07, 6.45) is 7.96. The SMILES string of the molecule is C=C(C)[C@H](CC=C(C)C)C[C@]12C[C@@H](CC=C(C)C)C(C)(C)[C@](CC=C(C)C)(C(=O)/C(=C(\O)c3ccc(O)c(OC)c3)C1=O)C2=O. The van der Waals surface area contributed by atoms with Gasteiger partial charge in [-0.2, -0.15) is 0 Å². The number of methoxy groups -OCH3 is 1. The van der Waals surface area contributed by atoms with E-state index in [1.807, 2.05) is 68.4 Å². The molecule has 2 fully saturated rings. The van der Waals surface area contributed by atoms with Crippen molar-refractivity contribution in [2.75, 3.05) is 7.11 Å². The third kappa shape index (κ3) is 6.39. The molecule has 0 heterocycles. The van der Waals surface area contributed by atoms with Crippen molar-refractivity contribution in [3.8, 4) is 11.5 Å². The minimum Gasteiger partial charge on any atom is -0.506 e. The van der Waals surface area contributed by atoms with E-state index in [4.69, 9.17) is 4.74 Å². The monoisotopic (exact) mass is 616 g/mol. The van der Waals surface area contributed by atoms with Crippen molar-refractivity contribution in [2.45, 2.75) is 94.4 Å². The van der Waals surface area contributed by atoms with Crippen LogP contribution in [0.15, 0.2) is 70.9 Å². The van der Waals surface area contributed by atoms with Crippen LogP contribution in [0.3, 0.4) is 0 Å². The van der Waals surface area contributed by atoms with Crippen LogP contribution in [0.4, 0.5) is 0 Å². The van der Waals surface area contributed by atoms with Crippen LogP contribution in [0.2, 0.25) is 0 Å². The summed E-state index contributed by atoms with van der Waals surface area (Å²) in [5.41, 5.74) is -0.102. The second-order valence-electron chi connectivity index (χ2n) is 14.5. The first kappa shape index (κ1) is 35.8. The van der Waals surface area contributed by atoms with Crippen LogP contribution in [0.1, 0.15) is 100.0 Å². The average Bonchev–Trinajstić information content (AvgIpc) is 2.94. The predicted molar refractivity (Wildman–Crippen MR) is 181 cm³/mol. The summed E-state index contributed by atoms with van der Waals surface area (Å²) in [5.74, 6) is -2.52. The Morgan fingerprint density at radius 1 is 0.978 bits per heavy atom. The van der Waals surface area contributed by atoms with E-state index in [1.54, 1.807) is 0 Å². The van der Waals surface area contributed by atoms with Gasteiger partial charge in [-0.15, -0.1) is 0 Å². The molecule has 4 atom stereocenters. The lowest BCUT2D eigenvalue weighted by Gasteiger charge is -2.60. The summed E-state index contributed by atoms with van der Waals surface area (Å²) in [6, 6.07) is 4.18. The van der Waals surface area contributed by atoms with Crippen LogP contribution in [0.5, 0.6) is 11.5 Å². The number of rotatable bonds is 11. The number of phenolic OH excluding ortho intramolecular Hbond substituents is 1. The number of benzene rings is 1. The van der Waals surface area contributed by atoms with Gasteiger partial charge in [-0.1, -0.05) is 60.9 Å². The Labute approximate surface area is 269 Å². The molecule has 45 heavy (non-hydrogen) atoms. The average molecular weight is 617 g/mol. The Balaban J connectivity index is 2.47. The zero-order valence-electron chi connectivity index (χ0n) is 28.9. The lowest BCUT2D eigenvalue weighted by molar-refractivity contribution is -0.177. The Kier molecular flexibility index (Phi) is 10.6. The molecule has 3 rings (SSSR count). The van der Waals surface area contributed by atoms with Crippen LogP contribution < -0.4 is 4.74 Å². The first-order valence-electron chi connectivity index (χ1n) is 15.9. The molecule has 6 nitrogen and oxygen atoms in total. The molecule has 2 aliphatic rings. The van der Waals surface area contributed by atoms with E-state index in [0.29, 0.717) is 12.8 Å². The van der Waals surface area contributed by atoms with Crippen LogP contribution >= 0.6 is 0 Å². The molecule has 244 valence electrons. The van der Waals surface area contributed by atoms with E-state index in [0.717, 1.165) is 22.3 Å². The number of phenols is 1. The number of allylic oxidation sites excluding steroid dienone is 8. The second kappa shape index (κ2) is 13.4. The number of aliphatic hydroxyl groups excluding tert-OH is 1. The Bertz CT molecular complexity index is 1500. The topological polar surface area (TPSA) is 101 Å². The summed E-state index contributed by atoms with van der Waals surface area (Å²) < 4.78 is 5.26. The lowest BCUT2D eigenvalue weighted by Crippen LogP contribution is -2.69. The highest BCUT2D eigenvalue weighted by atomic mass is 16.5. The first-order valence-corrected chi connectivity index (χ1v) is 15.9. The summed E-state index contributed by atoms with van der Waals surface area (Å²) in [7, 11) is 1.38. The number of ketones is 3. The Morgan fingerprint density at radius 2 is 1.58 bits per heavy atom. The minimum absolute atomic E-state index is 0.0896. The maximum atomic E-state index is 15.2. The second-order valence-corrected chi connectivity index (χ2v) is 14.5. The van der Waals surface area contributed by atoms with Gasteiger partial charge >= 0.3 is 0 Å². The number of aliphatic hydroxyl groups is 1. The maximum absolute atomic E-state index is 15.2. The van der Waals surface area contributed by atoms with Crippen LogP contribution in [0, 0.1) is 28.1 Å². The molecular weight excluding hydrogens is 564 g/mol. The van der Waals surface area contributed by atoms with Crippen LogP contribution in [-0.4, -0.2) is 34.7 Å². The van der Waals surface area contributed by atoms with E-state index in [2.05, 4.69) is 18.7 Å². The normalized spacial score (nSPS) is 25.6. The van der Waals surface area contributed by atoms with Gasteiger partial charge in [0, 0.05) is 5.56 Å². The fourth-order valence-electron chi connectivity index (χ4n) is 7.24. The van der Waals surface area contributed by atoms with E-state index in [9.17, 15) is 19.8 Å². The van der Waals surface area contributed by atoms with Crippen LogP contribution in [0.25, 0.3) is 5.76 Å². The number of fused-ring (bicyclic) bond motifs is 2. The van der Waals surface area contributed by atoms with E-state index in [-0.39, 0.29) is 59.5 Å². The number of ether oxygens (including phenoxy) is 1. The molecular formula is C39H52O6. The maximum Gasteiger partial charge on any atom is 0.184 e. The highest BCUT2D eigenvalue weighted by Gasteiger charge is 2.74. The molecule has 0 saturated heterocycles. The smallest absolute Gasteiger partial charge is 0.184 e. The molecule has 2 bridgehead atoms. The summed E-state index contributed by atoms with van der Waals surface area (Å²) in [5, 5.41) is 22.0. The summed E-state index contributed by atoms with van der Waals surface area (Å²) in [4.78, 5) is 45.2. The van der Waals surface area contributed by atoms with E-state index in [1.165, 1.54) is 25.3 Å². The quantitative estimate of drug-likeness (QED) is 0.0846. The molecule has 1 aromatic carbocycles. The number of hydrogen-bond donors (Lipinski definition) is 2. The highest BCUT2D eigenvalue weighted by Crippen LogP contribution is 2.66. The summed E-state index contributed by atoms with van der Waals surface area (Å²) in [6.45, 7) is 22.0. The van der Waals surface area contributed by atoms with Crippen LogP contribution in [-0.2, 0) is 14.4 Å². The molecule has 2 saturated carbocycles. The van der Waals surface area contributed by atoms with Gasteiger partial charge in [-0.25, -0.2) is 0 Å². The molecule has 0 radical (unpaired) electrons. The lowest BCUT2D eigenvalue weighted by atomic mass is 9.38. The van der Waals surface area contributed by atoms with Crippen molar-refractivity contribution in [3.05, 3.63) is 76.4 Å². The van der Waals surface area contributed by atoms with Gasteiger partial charge in [0.1, 0.15) is 16.7 Å². The Morgan fingerprint density at radius 3 is 2.11 bits per heavy atom. The molecule has 0 aromatic heterocycles. The van der Waals surface area contributed by atoms with Gasteiger partial charge in [0.05, 0.1) is 12.5 Å². The van der Waals surface area contributed by atoms with Crippen molar-refractivity contribution >= 4 is 23.1 Å². The predicted octanol–water partition coefficient (Wildman–Crippen LogP) is 9.06. The molecule has 2 aliphatic carbocycles. The number of carbonyl (C=O) groups is 3. The van der Waals surface area contributed by atoms with E-state index < -0.39 is 33.6 Å². The van der Waals surface area contributed by atoms with Gasteiger partial charge in [-0.05, 0) is 116 Å². The first-order chi connectivity index (χ1) is 20.9. The largest absolute Gasteiger partial charge is 0.506 e. The molecule has 0 unspecified atom stereocenters. The van der Waals surface area contributed by atoms with Gasteiger partial charge in [0.25, 0.3) is 0 Å². The third-order valence-corrected chi connectivity index (χ3v) is 10.2. The fraction of sp³-hybridized carbons (Fsp3) is 0.513. The molecule has 0 spiro atoms. The molecule has 0 aliphatic heterocycles. The van der Waals surface area contributed by atoms with E-state index >= 15 is 4.79 Å².